The van der Waals surface area contributed by atoms with E-state index in [9.17, 15) is 0 Å². The van der Waals surface area contributed by atoms with Crippen LogP contribution in [-0.4, -0.2) is 16.8 Å². The van der Waals surface area contributed by atoms with Crippen molar-refractivity contribution in [2.24, 2.45) is 0 Å². The molecule has 1 aromatic carbocycles. The van der Waals surface area contributed by atoms with Crippen LogP contribution in [0.3, 0.4) is 0 Å². The fourth-order valence-corrected chi connectivity index (χ4v) is 2.23. The molecule has 2 aromatic heterocycles. The summed E-state index contributed by atoms with van der Waals surface area (Å²) in [7, 11) is 0. The van der Waals surface area contributed by atoms with Gasteiger partial charge in [0.05, 0.1) is 0 Å². The topological polar surface area (TPSA) is 44.2 Å². The van der Waals surface area contributed by atoms with Crippen molar-refractivity contribution in [3.63, 3.8) is 0 Å². The molecule has 0 aliphatic carbocycles. The highest BCUT2D eigenvalue weighted by molar-refractivity contribution is 6.10. The summed E-state index contributed by atoms with van der Waals surface area (Å²) in [5.74, 6) is 1.54. The van der Waals surface area contributed by atoms with Gasteiger partial charge >= 0.3 is 0 Å². The SMILES string of the molecule is c1cnc2c(c1)c1c(c3cccnc32)OCO1. The molecule has 0 saturated carbocycles. The highest BCUT2D eigenvalue weighted by Gasteiger charge is 2.22. The number of ether oxygens (including phenoxy) is 2. The molecule has 17 heavy (non-hydrogen) atoms. The Balaban J connectivity index is 2.34. The van der Waals surface area contributed by atoms with Gasteiger partial charge in [-0.05, 0) is 24.3 Å². The van der Waals surface area contributed by atoms with Gasteiger partial charge in [-0.3, -0.25) is 9.97 Å². The minimum atomic E-state index is 0.257. The second kappa shape index (κ2) is 3.07. The third-order valence-electron chi connectivity index (χ3n) is 2.94. The molecule has 0 fully saturated rings. The molecule has 4 nitrogen and oxygen atoms in total. The molecule has 0 spiro atoms. The van der Waals surface area contributed by atoms with E-state index in [1.165, 1.54) is 0 Å². The molecule has 0 unspecified atom stereocenters. The number of nitrogens with zero attached hydrogens (tertiary/aromatic N) is 2. The molecule has 0 atom stereocenters. The van der Waals surface area contributed by atoms with Crippen LogP contribution in [0.25, 0.3) is 21.8 Å². The molecular formula is C13H8N2O2. The molecular weight excluding hydrogens is 216 g/mol. The summed E-state index contributed by atoms with van der Waals surface area (Å²) in [6.07, 6.45) is 3.53. The van der Waals surface area contributed by atoms with E-state index in [1.807, 2.05) is 24.3 Å². The predicted molar refractivity (Wildman–Crippen MR) is 63.2 cm³/mol. The number of hydrogen-bond acceptors (Lipinski definition) is 4. The van der Waals surface area contributed by atoms with E-state index in [-0.39, 0.29) is 6.79 Å². The van der Waals surface area contributed by atoms with Gasteiger partial charge < -0.3 is 9.47 Å². The van der Waals surface area contributed by atoms with Crippen LogP contribution in [0.4, 0.5) is 0 Å². The zero-order chi connectivity index (χ0) is 11.2. The van der Waals surface area contributed by atoms with E-state index in [4.69, 9.17) is 9.47 Å². The van der Waals surface area contributed by atoms with E-state index < -0.39 is 0 Å². The Morgan fingerprint density at radius 2 is 1.35 bits per heavy atom. The minimum Gasteiger partial charge on any atom is -0.453 e. The third-order valence-corrected chi connectivity index (χ3v) is 2.94. The van der Waals surface area contributed by atoms with E-state index in [0.717, 1.165) is 33.3 Å². The summed E-state index contributed by atoms with van der Waals surface area (Å²) in [6, 6.07) is 7.73. The van der Waals surface area contributed by atoms with Crippen molar-refractivity contribution in [1.29, 1.82) is 0 Å². The molecule has 0 bridgehead atoms. The van der Waals surface area contributed by atoms with Crippen LogP contribution in [0.1, 0.15) is 0 Å². The first-order valence-electron chi connectivity index (χ1n) is 5.36. The van der Waals surface area contributed by atoms with Gasteiger partial charge in [0.2, 0.25) is 6.79 Å². The largest absolute Gasteiger partial charge is 0.453 e. The molecule has 3 heterocycles. The molecule has 4 rings (SSSR count). The first-order chi connectivity index (χ1) is 8.45. The number of aromatic nitrogens is 2. The number of hydrogen-bond donors (Lipinski definition) is 0. The molecule has 0 saturated heterocycles. The summed E-state index contributed by atoms with van der Waals surface area (Å²) in [5.41, 5.74) is 1.71. The van der Waals surface area contributed by atoms with Crippen molar-refractivity contribution in [2.75, 3.05) is 6.79 Å². The van der Waals surface area contributed by atoms with E-state index in [0.29, 0.717) is 0 Å². The first-order valence-corrected chi connectivity index (χ1v) is 5.36. The van der Waals surface area contributed by atoms with E-state index >= 15 is 0 Å². The lowest BCUT2D eigenvalue weighted by atomic mass is 10.1. The number of benzene rings is 1. The lowest BCUT2D eigenvalue weighted by Gasteiger charge is -2.06. The zero-order valence-corrected chi connectivity index (χ0v) is 8.88. The maximum atomic E-state index is 5.53. The van der Waals surface area contributed by atoms with Crippen molar-refractivity contribution in [3.8, 4) is 11.5 Å². The van der Waals surface area contributed by atoms with Crippen LogP contribution in [0.15, 0.2) is 36.7 Å². The molecule has 82 valence electrons. The van der Waals surface area contributed by atoms with Crippen LogP contribution < -0.4 is 9.47 Å². The highest BCUT2D eigenvalue weighted by atomic mass is 16.7. The maximum absolute atomic E-state index is 5.53. The van der Waals surface area contributed by atoms with E-state index in [2.05, 4.69) is 9.97 Å². The Morgan fingerprint density at radius 3 is 1.88 bits per heavy atom. The Kier molecular flexibility index (Phi) is 1.58. The first kappa shape index (κ1) is 8.75. The van der Waals surface area contributed by atoms with Crippen LogP contribution in [0.2, 0.25) is 0 Å². The fourth-order valence-electron chi connectivity index (χ4n) is 2.23. The second-order valence-corrected chi connectivity index (χ2v) is 3.86. The number of rotatable bonds is 0. The maximum Gasteiger partial charge on any atom is 0.231 e. The van der Waals surface area contributed by atoms with Gasteiger partial charge in [0, 0.05) is 23.2 Å². The van der Waals surface area contributed by atoms with Gasteiger partial charge in [0.1, 0.15) is 11.0 Å². The Bertz CT molecular complexity index is 677. The summed E-state index contributed by atoms with van der Waals surface area (Å²) < 4.78 is 11.1. The summed E-state index contributed by atoms with van der Waals surface area (Å²) >= 11 is 0. The summed E-state index contributed by atoms with van der Waals surface area (Å²) in [4.78, 5) is 8.78. The molecule has 1 aliphatic rings. The summed E-state index contributed by atoms with van der Waals surface area (Å²) in [6.45, 7) is 0.257. The quantitative estimate of drug-likeness (QED) is 0.550. The Hall–Kier alpha value is -2.36. The number of pyridine rings is 2. The van der Waals surface area contributed by atoms with Crippen molar-refractivity contribution in [3.05, 3.63) is 36.7 Å². The van der Waals surface area contributed by atoms with Gasteiger partial charge in [0.25, 0.3) is 0 Å². The van der Waals surface area contributed by atoms with Crippen LogP contribution in [-0.2, 0) is 0 Å². The van der Waals surface area contributed by atoms with Crippen molar-refractivity contribution in [1.82, 2.24) is 9.97 Å². The van der Waals surface area contributed by atoms with E-state index in [1.54, 1.807) is 12.4 Å². The molecule has 0 radical (unpaired) electrons. The molecule has 3 aromatic rings. The molecule has 4 heteroatoms. The Morgan fingerprint density at radius 1 is 0.824 bits per heavy atom. The van der Waals surface area contributed by atoms with Gasteiger partial charge in [-0.1, -0.05) is 0 Å². The molecule has 0 N–H and O–H groups in total. The standard InChI is InChI=1S/C13H8N2O2/c1-3-8-10(14-5-1)11-9(4-2-6-15-11)13-12(8)16-7-17-13/h1-6H,7H2. The van der Waals surface area contributed by atoms with Gasteiger partial charge in [-0.2, -0.15) is 0 Å². The lowest BCUT2D eigenvalue weighted by Crippen LogP contribution is -1.93. The van der Waals surface area contributed by atoms with Crippen LogP contribution in [0.5, 0.6) is 11.5 Å². The molecule has 1 aliphatic heterocycles. The normalized spacial score (nSPS) is 13.4. The third kappa shape index (κ3) is 1.07. The Labute approximate surface area is 96.8 Å². The number of fused-ring (bicyclic) bond motifs is 6. The lowest BCUT2D eigenvalue weighted by molar-refractivity contribution is 0.175. The van der Waals surface area contributed by atoms with Crippen LogP contribution >= 0.6 is 0 Å². The average molecular weight is 224 g/mol. The monoisotopic (exact) mass is 224 g/mol. The van der Waals surface area contributed by atoms with Gasteiger partial charge in [-0.25, -0.2) is 0 Å². The van der Waals surface area contributed by atoms with Gasteiger partial charge in [0.15, 0.2) is 11.5 Å². The van der Waals surface area contributed by atoms with Crippen molar-refractivity contribution >= 4 is 21.8 Å². The summed E-state index contributed by atoms with van der Waals surface area (Å²) in [5, 5.41) is 1.90. The fraction of sp³-hybridized carbons (Fsp3) is 0.0769. The second-order valence-electron chi connectivity index (χ2n) is 3.86. The minimum absolute atomic E-state index is 0.257. The van der Waals surface area contributed by atoms with Gasteiger partial charge in [-0.15, -0.1) is 0 Å². The molecule has 0 amide bonds. The van der Waals surface area contributed by atoms with Crippen molar-refractivity contribution < 1.29 is 9.47 Å². The highest BCUT2D eigenvalue weighted by Crippen LogP contribution is 2.44. The average Bonchev–Trinajstić information content (AvgIpc) is 2.89. The zero-order valence-electron chi connectivity index (χ0n) is 8.88. The smallest absolute Gasteiger partial charge is 0.231 e. The predicted octanol–water partition coefficient (Wildman–Crippen LogP) is 2.51. The van der Waals surface area contributed by atoms with Crippen LogP contribution in [0, 0.1) is 0 Å². The van der Waals surface area contributed by atoms with Crippen molar-refractivity contribution in [2.45, 2.75) is 0 Å².